The predicted molar refractivity (Wildman–Crippen MR) is 116 cm³/mol. The van der Waals surface area contributed by atoms with Gasteiger partial charge in [-0.3, -0.25) is 24.2 Å². The van der Waals surface area contributed by atoms with E-state index in [0.29, 0.717) is 11.3 Å². The number of nitrogens with zero attached hydrogens (tertiary/aromatic N) is 3. The van der Waals surface area contributed by atoms with Gasteiger partial charge < -0.3 is 19.1 Å². The first-order chi connectivity index (χ1) is 16.6. The van der Waals surface area contributed by atoms with Crippen molar-refractivity contribution in [3.8, 4) is 0 Å². The van der Waals surface area contributed by atoms with Gasteiger partial charge in [-0.1, -0.05) is 30.3 Å². The first-order valence-electron chi connectivity index (χ1n) is 11.2. The van der Waals surface area contributed by atoms with Crippen molar-refractivity contribution in [3.63, 3.8) is 0 Å². The van der Waals surface area contributed by atoms with Crippen molar-refractivity contribution in [2.24, 2.45) is 11.8 Å². The molecule has 1 aromatic carbocycles. The molecule has 3 fully saturated rings. The van der Waals surface area contributed by atoms with Crippen LogP contribution in [-0.2, 0) is 38.2 Å². The maximum Gasteiger partial charge on any atom is 0.349 e. The summed E-state index contributed by atoms with van der Waals surface area (Å²) in [6.45, 7) is 3.63. The van der Waals surface area contributed by atoms with Crippen molar-refractivity contribution >= 4 is 29.7 Å². The number of methoxy groups -OCH3 is 2. The molecule has 3 amide bonds. The Balaban J connectivity index is 1.87. The van der Waals surface area contributed by atoms with Gasteiger partial charge in [0.15, 0.2) is 0 Å². The van der Waals surface area contributed by atoms with Gasteiger partial charge in [-0.05, 0) is 19.4 Å². The fourth-order valence-corrected chi connectivity index (χ4v) is 6.22. The van der Waals surface area contributed by atoms with Crippen LogP contribution in [-0.4, -0.2) is 83.6 Å². The maximum absolute atomic E-state index is 14.2. The number of benzene rings is 1. The summed E-state index contributed by atoms with van der Waals surface area (Å²) < 4.78 is 16.4. The first kappa shape index (κ1) is 23.0. The summed E-state index contributed by atoms with van der Waals surface area (Å²) in [5.41, 5.74) is -1.25. The lowest BCUT2D eigenvalue weighted by atomic mass is 9.73. The van der Waals surface area contributed by atoms with Crippen LogP contribution in [0.4, 0.5) is 0 Å². The average Bonchev–Trinajstić information content (AvgIpc) is 3.41. The van der Waals surface area contributed by atoms with Gasteiger partial charge in [0.2, 0.25) is 17.7 Å². The van der Waals surface area contributed by atoms with Crippen LogP contribution in [0.5, 0.6) is 0 Å². The van der Waals surface area contributed by atoms with Gasteiger partial charge in [0.1, 0.15) is 11.8 Å². The summed E-state index contributed by atoms with van der Waals surface area (Å²) in [4.78, 5) is 71.0. The number of fused-ring (bicyclic) bond motifs is 3. The average molecular weight is 483 g/mol. The lowest BCUT2D eigenvalue weighted by Gasteiger charge is -2.55. The number of rotatable bonds is 4. The number of esters is 2. The Labute approximate surface area is 201 Å². The van der Waals surface area contributed by atoms with Crippen LogP contribution in [0.3, 0.4) is 0 Å². The van der Waals surface area contributed by atoms with Crippen molar-refractivity contribution in [2.75, 3.05) is 27.8 Å². The number of allylic oxidation sites excluding steroid dienone is 1. The highest BCUT2D eigenvalue weighted by atomic mass is 16.6. The van der Waals surface area contributed by atoms with E-state index in [1.54, 1.807) is 49.1 Å². The van der Waals surface area contributed by atoms with Gasteiger partial charge in [0, 0.05) is 19.3 Å². The minimum atomic E-state index is -2.37. The maximum atomic E-state index is 14.2. The predicted octanol–water partition coefficient (Wildman–Crippen LogP) is 0.179. The molecule has 0 saturated carbocycles. The molecular weight excluding hydrogens is 458 g/mol. The molecule has 2 bridgehead atoms. The molecule has 0 aromatic heterocycles. The van der Waals surface area contributed by atoms with E-state index < -0.39 is 59.0 Å². The van der Waals surface area contributed by atoms with Gasteiger partial charge in [-0.25, -0.2) is 9.59 Å². The molecular formula is C24H25N3O8. The fourth-order valence-electron chi connectivity index (χ4n) is 6.22. The summed E-state index contributed by atoms with van der Waals surface area (Å²) in [5, 5.41) is 0. The standard InChI is InChI=1S/C24H25N3O8/c1-6-26-12(2)14(20(30)33-4)17(13-10-8-7-9-11-13)27-21(31)23(22(32)34-5)15-16(24(26,27)35-23)19(29)25(3)18(15)28/h7-11,15-17H,6H2,1-5H3/t15-,16+,17-,23+,24+/m0/s1. The molecule has 3 saturated heterocycles. The number of carbonyl (C=O) groups is 5. The number of ether oxygens (including phenoxy) is 3. The van der Waals surface area contributed by atoms with Crippen LogP contribution >= 0.6 is 0 Å². The van der Waals surface area contributed by atoms with Crippen LogP contribution in [0, 0.1) is 11.8 Å². The molecule has 11 heteroatoms. The highest BCUT2D eigenvalue weighted by Gasteiger charge is 2.88. The van der Waals surface area contributed by atoms with E-state index in [9.17, 15) is 24.0 Å². The monoisotopic (exact) mass is 483 g/mol. The zero-order valence-electron chi connectivity index (χ0n) is 19.9. The fraction of sp³-hybridized carbons (Fsp3) is 0.458. The summed E-state index contributed by atoms with van der Waals surface area (Å²) in [6.07, 6.45) is 0. The lowest BCUT2D eigenvalue weighted by molar-refractivity contribution is -0.224. The Morgan fingerprint density at radius 2 is 1.66 bits per heavy atom. The number of likely N-dealkylation sites (tertiary alicyclic amines) is 1. The van der Waals surface area contributed by atoms with E-state index in [1.807, 2.05) is 0 Å². The van der Waals surface area contributed by atoms with E-state index in [0.717, 1.165) is 12.0 Å². The molecule has 4 heterocycles. The number of amides is 3. The molecule has 0 N–H and O–H groups in total. The number of hydrogen-bond acceptors (Lipinski definition) is 9. The molecule has 184 valence electrons. The van der Waals surface area contributed by atoms with Crippen LogP contribution in [0.2, 0.25) is 0 Å². The largest absolute Gasteiger partial charge is 0.466 e. The lowest BCUT2D eigenvalue weighted by Crippen LogP contribution is -2.70. The zero-order chi connectivity index (χ0) is 25.4. The van der Waals surface area contributed by atoms with E-state index in [1.165, 1.54) is 19.1 Å². The molecule has 0 aliphatic carbocycles. The first-order valence-corrected chi connectivity index (χ1v) is 11.2. The second kappa shape index (κ2) is 7.38. The third-order valence-electron chi connectivity index (χ3n) is 7.60. The molecule has 0 radical (unpaired) electrons. The van der Waals surface area contributed by atoms with Crippen LogP contribution < -0.4 is 0 Å². The molecule has 0 unspecified atom stereocenters. The SMILES string of the molecule is CCN1C(C)=C(C(=O)OC)[C@H](c2ccccc2)N2C(=O)[C@]3(C(=O)OC)O[C@]12[C@H]1C(=O)N(C)C(=O)[C@H]13. The Hall–Kier alpha value is -3.73. The minimum absolute atomic E-state index is 0.164. The van der Waals surface area contributed by atoms with Crippen molar-refractivity contribution in [1.29, 1.82) is 0 Å². The molecule has 1 spiro atoms. The highest BCUT2D eigenvalue weighted by molar-refractivity contribution is 6.19. The Morgan fingerprint density at radius 1 is 1.03 bits per heavy atom. The third kappa shape index (κ3) is 2.41. The molecule has 11 nitrogen and oxygen atoms in total. The van der Waals surface area contributed by atoms with E-state index >= 15 is 0 Å². The normalized spacial score (nSPS) is 33.3. The molecule has 35 heavy (non-hydrogen) atoms. The van der Waals surface area contributed by atoms with E-state index in [2.05, 4.69) is 0 Å². The van der Waals surface area contributed by atoms with Gasteiger partial charge in [0.05, 0.1) is 25.8 Å². The van der Waals surface area contributed by atoms with Gasteiger partial charge in [0.25, 0.3) is 11.5 Å². The quantitative estimate of drug-likeness (QED) is 0.335. The number of hydrogen-bond donors (Lipinski definition) is 0. The summed E-state index contributed by atoms with van der Waals surface area (Å²) >= 11 is 0. The van der Waals surface area contributed by atoms with Crippen molar-refractivity contribution < 1.29 is 38.2 Å². The van der Waals surface area contributed by atoms with E-state index in [4.69, 9.17) is 14.2 Å². The van der Waals surface area contributed by atoms with Gasteiger partial charge >= 0.3 is 11.9 Å². The minimum Gasteiger partial charge on any atom is -0.466 e. The van der Waals surface area contributed by atoms with Gasteiger partial charge in [-0.15, -0.1) is 0 Å². The summed E-state index contributed by atoms with van der Waals surface area (Å²) in [6, 6.07) is 7.69. The van der Waals surface area contributed by atoms with Gasteiger partial charge in [-0.2, -0.15) is 0 Å². The third-order valence-corrected chi connectivity index (χ3v) is 7.60. The zero-order valence-corrected chi connectivity index (χ0v) is 19.9. The van der Waals surface area contributed by atoms with Crippen LogP contribution in [0.15, 0.2) is 41.6 Å². The Morgan fingerprint density at radius 3 is 2.23 bits per heavy atom. The van der Waals surface area contributed by atoms with Crippen molar-refractivity contribution in [2.45, 2.75) is 31.3 Å². The molecule has 5 atom stereocenters. The second-order valence-electron chi connectivity index (χ2n) is 8.90. The summed E-state index contributed by atoms with van der Waals surface area (Å²) in [5.74, 6) is -8.29. The number of piperidine rings is 1. The number of imide groups is 1. The smallest absolute Gasteiger partial charge is 0.349 e. The molecule has 1 aromatic rings. The highest BCUT2D eigenvalue weighted by Crippen LogP contribution is 2.65. The topological polar surface area (TPSA) is 123 Å². The van der Waals surface area contributed by atoms with E-state index in [-0.39, 0.29) is 12.1 Å². The summed E-state index contributed by atoms with van der Waals surface area (Å²) in [7, 11) is 3.64. The Bertz CT molecular complexity index is 1210. The molecule has 5 rings (SSSR count). The Kier molecular flexibility index (Phi) is 4.86. The van der Waals surface area contributed by atoms with Crippen molar-refractivity contribution in [1.82, 2.24) is 14.7 Å². The van der Waals surface area contributed by atoms with Crippen LogP contribution in [0.25, 0.3) is 0 Å². The number of carbonyl (C=O) groups excluding carboxylic acids is 5. The van der Waals surface area contributed by atoms with Crippen LogP contribution in [0.1, 0.15) is 25.5 Å². The molecule has 4 aliphatic heterocycles. The van der Waals surface area contributed by atoms with Crippen molar-refractivity contribution in [3.05, 3.63) is 47.2 Å². The second-order valence-corrected chi connectivity index (χ2v) is 8.90. The molecule has 4 aliphatic rings.